The number of nitriles is 6. The predicted molar refractivity (Wildman–Crippen MR) is 47.2 cm³/mol. The minimum atomic E-state index is 0. The van der Waals surface area contributed by atoms with Gasteiger partial charge in [0.2, 0.25) is 0 Å². The van der Waals surface area contributed by atoms with Crippen molar-refractivity contribution in [1.29, 1.82) is 31.6 Å². The van der Waals surface area contributed by atoms with E-state index in [1.807, 2.05) is 0 Å². The Morgan fingerprint density at radius 3 is 0.400 bits per heavy atom. The zero-order valence-electron chi connectivity index (χ0n) is 6.91. The Labute approximate surface area is 154 Å². The summed E-state index contributed by atoms with van der Waals surface area (Å²) in [5.74, 6) is 0. The first kappa shape index (κ1) is 85.8. The third-order valence-corrected chi connectivity index (χ3v) is 0. The number of nitrogens with zero attached hydrogens (tertiary/aromatic N) is 6. The normalized spacial score (nSPS) is 0.800. The molecule has 0 spiro atoms. The molecule has 76 valence electrons. The van der Waals surface area contributed by atoms with Gasteiger partial charge in [-0.1, -0.05) is 0 Å². The fraction of sp³-hybridized carbons (Fsp3) is 0. The van der Waals surface area contributed by atoms with Gasteiger partial charge in [0.05, 0.1) is 0 Å². The van der Waals surface area contributed by atoms with Crippen LogP contribution in [-0.2, 0) is 34.4 Å². The molecule has 9 heteroatoms. The number of hydrogen-bond acceptors (Lipinski definition) is 6. The zero-order chi connectivity index (χ0) is 12.0. The molecule has 0 aromatic heterocycles. The molecular weight excluding hydrogens is 303 g/mol. The SMILES string of the molecule is C#N.C#N.C#N.C#N.C#N.C#N.[Cr].[Fe].[KH]. The van der Waals surface area contributed by atoms with E-state index >= 15 is 0 Å². The van der Waals surface area contributed by atoms with Crippen LogP contribution in [0, 0.1) is 71.0 Å². The molecule has 0 amide bonds. The van der Waals surface area contributed by atoms with Crippen molar-refractivity contribution in [3.63, 3.8) is 0 Å². The molecule has 0 heterocycles. The molecule has 0 fully saturated rings. The van der Waals surface area contributed by atoms with Crippen molar-refractivity contribution < 1.29 is 34.4 Å². The molecule has 0 N–H and O–H groups in total. The van der Waals surface area contributed by atoms with Gasteiger partial charge >= 0.3 is 51.4 Å². The fourth-order valence-corrected chi connectivity index (χ4v) is 0. The third-order valence-electron chi connectivity index (χ3n) is 0. The first-order valence-corrected chi connectivity index (χ1v) is 1.55. The van der Waals surface area contributed by atoms with Crippen LogP contribution in [0.4, 0.5) is 0 Å². The summed E-state index contributed by atoms with van der Waals surface area (Å²) in [5, 5.41) is 39.0. The van der Waals surface area contributed by atoms with Gasteiger partial charge in [0.1, 0.15) is 0 Å². The Balaban J connectivity index is -0.00000000396. The second kappa shape index (κ2) is 15700. The standard InChI is InChI=1S/6CHN.Cr.Fe.K.H/c6*1-2;;;;/h6*1H;;;;. The minimum absolute atomic E-state index is 0. The second-order valence-corrected chi connectivity index (χ2v) is 0. The van der Waals surface area contributed by atoms with Crippen molar-refractivity contribution in [1.82, 2.24) is 0 Å². The van der Waals surface area contributed by atoms with E-state index in [9.17, 15) is 0 Å². The second-order valence-electron chi connectivity index (χ2n) is 0. The molecule has 0 aromatic carbocycles. The van der Waals surface area contributed by atoms with Gasteiger partial charge in [-0.25, -0.2) is 31.6 Å². The van der Waals surface area contributed by atoms with Gasteiger partial charge < -0.3 is 0 Å². The summed E-state index contributed by atoms with van der Waals surface area (Å²) in [7, 11) is 0. The van der Waals surface area contributed by atoms with Crippen LogP contribution in [-0.4, -0.2) is 51.4 Å². The molecule has 0 saturated carbocycles. The van der Waals surface area contributed by atoms with E-state index in [0.29, 0.717) is 0 Å². The van der Waals surface area contributed by atoms with Crippen LogP contribution in [0.25, 0.3) is 0 Å². The van der Waals surface area contributed by atoms with Gasteiger partial charge in [-0.2, -0.15) is 0 Å². The van der Waals surface area contributed by atoms with Crippen LogP contribution in [0.3, 0.4) is 0 Å². The molecule has 15 heavy (non-hydrogen) atoms. The Hall–Kier alpha value is -0.372. The first-order valence-electron chi connectivity index (χ1n) is 1.55. The molecule has 0 aromatic rings. The molecule has 0 unspecified atom stereocenters. The molecule has 0 saturated heterocycles. The Morgan fingerprint density at radius 2 is 0.400 bits per heavy atom. The van der Waals surface area contributed by atoms with Crippen molar-refractivity contribution in [3.8, 4) is 39.4 Å². The number of hydrogen-bond donors (Lipinski definition) is 0. The Morgan fingerprint density at radius 1 is 0.400 bits per heavy atom. The van der Waals surface area contributed by atoms with Crippen LogP contribution >= 0.6 is 0 Å². The van der Waals surface area contributed by atoms with Gasteiger partial charge in [0.15, 0.2) is 0 Å². The van der Waals surface area contributed by atoms with Crippen molar-refractivity contribution in [3.05, 3.63) is 0 Å². The maximum atomic E-state index is 6.50. The molecule has 6 nitrogen and oxygen atoms in total. The van der Waals surface area contributed by atoms with Crippen LogP contribution in [0.15, 0.2) is 0 Å². The molecule has 0 radical (unpaired) electrons. The van der Waals surface area contributed by atoms with E-state index < -0.39 is 0 Å². The van der Waals surface area contributed by atoms with Gasteiger partial charge in [-0.15, -0.1) is 0 Å². The Bertz CT molecular complexity index is 103. The summed E-state index contributed by atoms with van der Waals surface area (Å²) in [6, 6.07) is 0. The van der Waals surface area contributed by atoms with Crippen molar-refractivity contribution in [2.75, 3.05) is 0 Å². The molecule has 0 aliphatic rings. The topological polar surface area (TPSA) is 143 Å². The van der Waals surface area contributed by atoms with Crippen LogP contribution in [0.1, 0.15) is 0 Å². The summed E-state index contributed by atoms with van der Waals surface area (Å²) in [6.07, 6.45) is 0. The number of rotatable bonds is 0. The summed E-state index contributed by atoms with van der Waals surface area (Å²) in [5.41, 5.74) is 0. The van der Waals surface area contributed by atoms with Crippen molar-refractivity contribution in [2.24, 2.45) is 0 Å². The average molecular weight is 310 g/mol. The summed E-state index contributed by atoms with van der Waals surface area (Å²) in [4.78, 5) is 0. The van der Waals surface area contributed by atoms with Gasteiger partial charge in [0.25, 0.3) is 0 Å². The van der Waals surface area contributed by atoms with Gasteiger partial charge in [0, 0.05) is 73.9 Å². The van der Waals surface area contributed by atoms with Crippen LogP contribution in [0.2, 0.25) is 0 Å². The monoisotopic (exact) mass is 310 g/mol. The quantitative estimate of drug-likeness (QED) is 0.584. The van der Waals surface area contributed by atoms with E-state index in [1.165, 1.54) is 0 Å². The van der Waals surface area contributed by atoms with Crippen molar-refractivity contribution in [2.45, 2.75) is 0 Å². The fourth-order valence-electron chi connectivity index (χ4n) is 0. The molecule has 0 rings (SSSR count). The maximum absolute atomic E-state index is 6.50. The van der Waals surface area contributed by atoms with E-state index in [-0.39, 0.29) is 85.8 Å². The summed E-state index contributed by atoms with van der Waals surface area (Å²) < 4.78 is 0. The van der Waals surface area contributed by atoms with Gasteiger partial charge in [-0.3, -0.25) is 0 Å². The summed E-state index contributed by atoms with van der Waals surface area (Å²) >= 11 is 0. The zero-order valence-corrected chi connectivity index (χ0v) is 9.29. The van der Waals surface area contributed by atoms with Crippen LogP contribution < -0.4 is 0 Å². The molecule has 0 atom stereocenters. The first-order chi connectivity index (χ1) is 6.00. The predicted octanol–water partition coefficient (Wildman–Crippen LogP) is 0.185. The van der Waals surface area contributed by atoms with Gasteiger partial charge in [-0.05, 0) is 0 Å². The average Bonchev–Trinajstić information content (AvgIpc) is 2.33. The molecule has 0 aliphatic heterocycles. The molecular formula is C6H7CrFeKN6. The Kier molecular flexibility index (Phi) is 90000. The third kappa shape index (κ3) is 13300. The molecule has 0 aliphatic carbocycles. The molecule has 0 bridgehead atoms. The van der Waals surface area contributed by atoms with E-state index in [0.717, 1.165) is 0 Å². The van der Waals surface area contributed by atoms with E-state index in [1.54, 1.807) is 0 Å². The van der Waals surface area contributed by atoms with E-state index in [4.69, 9.17) is 31.6 Å². The van der Waals surface area contributed by atoms with E-state index in [2.05, 4.69) is 39.4 Å². The van der Waals surface area contributed by atoms with Crippen molar-refractivity contribution >= 4 is 51.4 Å². The summed E-state index contributed by atoms with van der Waals surface area (Å²) in [6.45, 7) is 21.0. The van der Waals surface area contributed by atoms with Crippen LogP contribution in [0.5, 0.6) is 0 Å².